The Labute approximate surface area is 387 Å². The first kappa shape index (κ1) is 24.7. The van der Waals surface area contributed by atoms with Crippen LogP contribution in [0.1, 0.15) is 109 Å². The van der Waals surface area contributed by atoms with Crippen LogP contribution >= 0.6 is 0 Å². The number of hydrogen-bond acceptors (Lipinski definition) is 0. The summed E-state index contributed by atoms with van der Waals surface area (Å²) < 4.78 is 0. The molecule has 24 aromatic rings. The third-order valence-electron chi connectivity index (χ3n) is 29.3. The van der Waals surface area contributed by atoms with Crippen LogP contribution < -0.4 is 5.22 Å². The molecule has 0 N–H and O–H groups in total. The van der Waals surface area contributed by atoms with Crippen molar-refractivity contribution in [3.05, 3.63) is 72.0 Å². The van der Waals surface area contributed by atoms with Gasteiger partial charge in [0.25, 0.3) is 0 Å². The lowest BCUT2D eigenvalue weighted by Gasteiger charge is -2.44. The van der Waals surface area contributed by atoms with Gasteiger partial charge in [-0.2, -0.15) is 0 Å². The second kappa shape index (κ2) is 5.27. The Morgan fingerprint density at radius 2 is 0.577 bits per heavy atom. The summed E-state index contributed by atoms with van der Waals surface area (Å²) in [6.07, 6.45) is 1.33. The number of allylic oxidation sites excluding steroid dienone is 2. The van der Waals surface area contributed by atoms with Gasteiger partial charge in [-0.15, -0.1) is 0 Å². The standard InChI is InChI=1S/C71H8/c1-70-66-58-50-40-30-23-14-8-2-3-5-7-6-4(2)10-17-12(6)21-22-13(7)18-11(5)20-16(9(3)14)25-31(23)41(40)51-45-35(25)27(20)37-29(18)39-33(22)43-42-32(21)38-28(17)36-26-19(10)15(8)24(30)34(26)44(50)54-48(36)56-46(38)52(42)60-61-53(43)47(39)57-49(37)55(45)63(67(70)59(51)58)65(57)69(61)71(1,70)68(60)64(56)62(54)66/h4,10,38,46,52,60H,1H2. The molecule has 8 atom stereocenters. The lowest BCUT2D eigenvalue weighted by atomic mass is 9.57. The van der Waals surface area contributed by atoms with E-state index >= 15 is 0 Å². The molecule has 0 amide bonds. The van der Waals surface area contributed by atoms with E-state index in [0.29, 0.717) is 35.5 Å². The van der Waals surface area contributed by atoms with Crippen molar-refractivity contribution in [3.8, 4) is 0 Å². The first-order chi connectivity index (χ1) is 35.4. The Kier molecular flexibility index (Phi) is 1.83. The molecule has 14 aliphatic carbocycles. The zero-order chi connectivity index (χ0) is 41.0. The predicted molar refractivity (Wildman–Crippen MR) is 290 cm³/mol. The molecule has 0 aliphatic heterocycles. The molecule has 0 saturated heterocycles. The SMILES string of the molecule is C1C23C4=c5c6c7c8c9c%10c%11c%12c%13c%14c%15c%16c%17c%18c%19c%20c%21c%22c%23c(c2c2c%24c%25c%26c%27c(c5c7c5c9c%11c7c(c%275)c5c%26c9c%24c%11c2c%23c2c%22c%19c%16c%16c%15c%15c%19c%14c%12c7c5c%19c9c%15c%11c2%16)C1%253)C4C%21C6C%20C8=C%18C%10C%17%13. The van der Waals surface area contributed by atoms with E-state index in [2.05, 4.69) is 0 Å². The molecule has 38 rings (SSSR count). The Morgan fingerprint density at radius 1 is 0.211 bits per heavy atom. The minimum Gasteiger partial charge on any atom is -0.0419 e. The topological polar surface area (TPSA) is 0 Å². The maximum absolute atomic E-state index is 2.00. The largest absolute Gasteiger partial charge is 0.0419 e. The van der Waals surface area contributed by atoms with Crippen LogP contribution in [-0.4, -0.2) is 0 Å². The van der Waals surface area contributed by atoms with Gasteiger partial charge in [-0.05, 0) is 343 Å². The van der Waals surface area contributed by atoms with Gasteiger partial charge in [-0.25, -0.2) is 0 Å². The van der Waals surface area contributed by atoms with E-state index in [-0.39, 0.29) is 10.8 Å². The van der Waals surface area contributed by atoms with Gasteiger partial charge >= 0.3 is 0 Å². The van der Waals surface area contributed by atoms with Crippen molar-refractivity contribution in [2.24, 2.45) is 0 Å². The molecule has 8 unspecified atom stereocenters. The molecular formula is C71H8. The zero-order valence-corrected chi connectivity index (χ0v) is 36.2. The molecule has 1 saturated carbocycles. The van der Waals surface area contributed by atoms with E-state index in [0.717, 1.165) is 0 Å². The molecule has 0 aromatic heterocycles. The quantitative estimate of drug-likeness (QED) is 0.105. The van der Waals surface area contributed by atoms with E-state index < -0.39 is 0 Å². The van der Waals surface area contributed by atoms with Gasteiger partial charge < -0.3 is 0 Å². The lowest BCUT2D eigenvalue weighted by molar-refractivity contribution is 0.503. The zero-order valence-electron chi connectivity index (χ0n) is 36.2. The van der Waals surface area contributed by atoms with Crippen molar-refractivity contribution < 1.29 is 0 Å². The second-order valence-corrected chi connectivity index (χ2v) is 28.6. The third-order valence-corrected chi connectivity index (χ3v) is 29.3. The summed E-state index contributed by atoms with van der Waals surface area (Å²) in [6.45, 7) is 0. The monoisotopic (exact) mass is 860 g/mol. The molecule has 24 aromatic carbocycles. The van der Waals surface area contributed by atoms with Gasteiger partial charge in [-0.1, -0.05) is 0 Å². The number of hydrogen-bond donors (Lipinski definition) is 0. The van der Waals surface area contributed by atoms with Gasteiger partial charge in [-0.3, -0.25) is 0 Å². The van der Waals surface area contributed by atoms with Crippen LogP contribution in [0.4, 0.5) is 0 Å². The molecule has 0 radical (unpaired) electrons. The van der Waals surface area contributed by atoms with Crippen molar-refractivity contribution in [2.75, 3.05) is 0 Å². The second-order valence-electron chi connectivity index (χ2n) is 28.6. The molecule has 0 bridgehead atoms. The summed E-state index contributed by atoms with van der Waals surface area (Å²) >= 11 is 0. The first-order valence-corrected chi connectivity index (χ1v) is 27.7. The number of rotatable bonds is 0. The Morgan fingerprint density at radius 3 is 1.17 bits per heavy atom. The lowest BCUT2D eigenvalue weighted by Crippen LogP contribution is -2.38. The normalized spacial score (nSPS) is 31.4. The van der Waals surface area contributed by atoms with Gasteiger partial charge in [0.1, 0.15) is 0 Å². The van der Waals surface area contributed by atoms with E-state index in [1.807, 2.05) is 116 Å². The van der Waals surface area contributed by atoms with Crippen LogP contribution in [-0.2, 0) is 10.8 Å². The van der Waals surface area contributed by atoms with Crippen molar-refractivity contribution in [3.63, 3.8) is 0 Å². The molecule has 292 valence electrons. The molecule has 71 heavy (non-hydrogen) atoms. The Bertz CT molecular complexity index is 7750. The minimum atomic E-state index is 0.0603. The molecule has 0 nitrogen and oxygen atoms in total. The summed E-state index contributed by atoms with van der Waals surface area (Å²) in [5.41, 5.74) is 28.4. The van der Waals surface area contributed by atoms with Crippen LogP contribution in [0, 0.1) is 0 Å². The van der Waals surface area contributed by atoms with Crippen LogP contribution in [0.2, 0.25) is 0 Å². The molecule has 1 fully saturated rings. The minimum absolute atomic E-state index is 0.0603. The summed E-state index contributed by atoms with van der Waals surface area (Å²) in [6, 6.07) is 0. The molecule has 0 heteroatoms. The third kappa shape index (κ3) is 1.21. The van der Waals surface area contributed by atoms with Gasteiger partial charge in [0.05, 0.1) is 0 Å². The average molecular weight is 861 g/mol. The highest BCUT2D eigenvalue weighted by Crippen LogP contribution is 2.94. The first-order valence-electron chi connectivity index (χ1n) is 27.7. The Hall–Kier alpha value is -8.06. The molecular weight excluding hydrogens is 853 g/mol. The van der Waals surface area contributed by atoms with Crippen molar-refractivity contribution in [2.45, 2.75) is 52.8 Å². The highest BCUT2D eigenvalue weighted by Gasteiger charge is 2.83. The van der Waals surface area contributed by atoms with Crippen molar-refractivity contribution in [1.82, 2.24) is 0 Å². The van der Waals surface area contributed by atoms with E-state index in [9.17, 15) is 0 Å². The summed E-state index contributed by atoms with van der Waals surface area (Å²) in [5.74, 6) is 2.96. The van der Waals surface area contributed by atoms with Crippen LogP contribution in [0.25, 0.3) is 264 Å². The van der Waals surface area contributed by atoms with E-state index in [1.165, 1.54) is 6.42 Å². The van der Waals surface area contributed by atoms with Crippen molar-refractivity contribution in [1.29, 1.82) is 0 Å². The van der Waals surface area contributed by atoms with Gasteiger partial charge in [0.15, 0.2) is 0 Å². The molecule has 0 heterocycles. The number of benzene rings is 16. The summed E-state index contributed by atoms with van der Waals surface area (Å²) in [7, 11) is 0. The van der Waals surface area contributed by atoms with Crippen LogP contribution in [0.5, 0.6) is 0 Å². The fourth-order valence-corrected chi connectivity index (χ4v) is 29.9. The van der Waals surface area contributed by atoms with E-state index in [1.54, 1.807) is 221 Å². The van der Waals surface area contributed by atoms with E-state index in [4.69, 9.17) is 0 Å². The smallest absolute Gasteiger partial charge is 0.0375 e. The molecule has 14 aliphatic rings. The van der Waals surface area contributed by atoms with Crippen LogP contribution in [0.3, 0.4) is 0 Å². The van der Waals surface area contributed by atoms with Crippen molar-refractivity contribution >= 4 is 264 Å². The van der Waals surface area contributed by atoms with Gasteiger partial charge in [0.2, 0.25) is 0 Å². The molecule has 2 spiro atoms. The maximum Gasteiger partial charge on any atom is 0.0375 e. The highest BCUT2D eigenvalue weighted by molar-refractivity contribution is 6.76. The summed E-state index contributed by atoms with van der Waals surface area (Å²) in [4.78, 5) is 0. The fraction of sp³-hybridized carbons (Fsp3) is 0.127. The highest BCUT2D eigenvalue weighted by atomic mass is 14.8. The maximum atomic E-state index is 2.00. The van der Waals surface area contributed by atoms with Gasteiger partial charge in [0, 0.05) is 46.3 Å². The fourth-order valence-electron chi connectivity index (χ4n) is 29.9. The predicted octanol–water partition coefficient (Wildman–Crippen LogP) is 16.8. The summed E-state index contributed by atoms with van der Waals surface area (Å²) in [5, 5.41) is 82.7. The average Bonchev–Trinajstić information content (AvgIpc) is 4.41. The van der Waals surface area contributed by atoms with Crippen LogP contribution in [0.15, 0.2) is 0 Å². The Balaban J connectivity index is 1.17.